The minimum Gasteiger partial charge on any atom is -0.462 e. The van der Waals surface area contributed by atoms with Gasteiger partial charge in [0.25, 0.3) is 0 Å². The van der Waals surface area contributed by atoms with Crippen LogP contribution in [0.2, 0.25) is 0 Å². The molecule has 3 rings (SSSR count). The molecule has 132 valence electrons. The average Bonchev–Trinajstić information content (AvgIpc) is 2.60. The van der Waals surface area contributed by atoms with E-state index in [1.165, 1.54) is 6.92 Å². The van der Waals surface area contributed by atoms with Gasteiger partial charge < -0.3 is 10.5 Å². The average molecular weight is 366 g/mol. The molecule has 3 nitrogen and oxygen atoms in total. The Hall–Kier alpha value is -2.24. The van der Waals surface area contributed by atoms with Crippen molar-refractivity contribution in [3.63, 3.8) is 0 Å². The molecule has 0 spiro atoms. The van der Waals surface area contributed by atoms with Crippen LogP contribution in [0.3, 0.4) is 0 Å². The molecular formula is C19H18ClF2NO2. The fraction of sp³-hybridized carbons (Fsp3) is 0.211. The van der Waals surface area contributed by atoms with Gasteiger partial charge in [-0.15, -0.1) is 12.4 Å². The number of carbonyl (C=O) groups excluding carboxylic acids is 1. The first-order valence-corrected chi connectivity index (χ1v) is 7.67. The fourth-order valence-corrected chi connectivity index (χ4v) is 2.89. The van der Waals surface area contributed by atoms with Crippen molar-refractivity contribution >= 4 is 39.9 Å². The number of nitrogens with two attached hydrogens (primary N) is 1. The SMILES string of the molecule is CCOC(=O)C(F)(F)[C@H](N)c1cc2ccccc2c2ccccc12.Cl. The summed E-state index contributed by atoms with van der Waals surface area (Å²) in [5.41, 5.74) is 6.03. The highest BCUT2D eigenvalue weighted by molar-refractivity contribution is 6.09. The van der Waals surface area contributed by atoms with E-state index < -0.39 is 17.9 Å². The molecule has 0 aliphatic rings. The Bertz CT molecular complexity index is 914. The molecule has 0 saturated heterocycles. The van der Waals surface area contributed by atoms with Gasteiger partial charge in [0.2, 0.25) is 0 Å². The van der Waals surface area contributed by atoms with Crippen molar-refractivity contribution in [2.24, 2.45) is 5.73 Å². The van der Waals surface area contributed by atoms with Crippen molar-refractivity contribution in [1.29, 1.82) is 0 Å². The van der Waals surface area contributed by atoms with E-state index in [9.17, 15) is 13.6 Å². The number of rotatable bonds is 4. The number of carbonyl (C=O) groups is 1. The molecule has 0 fully saturated rings. The predicted octanol–water partition coefficient (Wildman–Crippen LogP) is 4.61. The molecule has 1 atom stereocenters. The zero-order valence-corrected chi connectivity index (χ0v) is 14.4. The number of esters is 1. The van der Waals surface area contributed by atoms with Gasteiger partial charge in [0.05, 0.1) is 6.61 Å². The summed E-state index contributed by atoms with van der Waals surface area (Å²) in [4.78, 5) is 11.6. The summed E-state index contributed by atoms with van der Waals surface area (Å²) in [6.07, 6.45) is 0. The molecule has 0 amide bonds. The zero-order chi connectivity index (χ0) is 17.3. The second kappa shape index (κ2) is 7.33. The van der Waals surface area contributed by atoms with Crippen LogP contribution >= 0.6 is 12.4 Å². The van der Waals surface area contributed by atoms with Crippen molar-refractivity contribution in [3.05, 3.63) is 60.2 Å². The van der Waals surface area contributed by atoms with Crippen LogP contribution in [0.4, 0.5) is 8.78 Å². The van der Waals surface area contributed by atoms with E-state index in [0.29, 0.717) is 5.39 Å². The highest BCUT2D eigenvalue weighted by Gasteiger charge is 2.48. The van der Waals surface area contributed by atoms with Gasteiger partial charge in [-0.2, -0.15) is 8.78 Å². The maximum absolute atomic E-state index is 14.4. The molecule has 0 heterocycles. The lowest BCUT2D eigenvalue weighted by atomic mass is 9.91. The molecule has 0 unspecified atom stereocenters. The molecule has 6 heteroatoms. The van der Waals surface area contributed by atoms with E-state index in [1.807, 2.05) is 36.4 Å². The maximum Gasteiger partial charge on any atom is 0.379 e. The lowest BCUT2D eigenvalue weighted by Crippen LogP contribution is -2.41. The lowest BCUT2D eigenvalue weighted by Gasteiger charge is -2.23. The third kappa shape index (κ3) is 3.30. The first kappa shape index (κ1) is 19.1. The molecule has 3 aromatic rings. The number of hydrogen-bond acceptors (Lipinski definition) is 3. The van der Waals surface area contributed by atoms with Crippen LogP contribution < -0.4 is 5.73 Å². The second-order valence-corrected chi connectivity index (χ2v) is 5.55. The summed E-state index contributed by atoms with van der Waals surface area (Å²) >= 11 is 0. The molecule has 25 heavy (non-hydrogen) atoms. The topological polar surface area (TPSA) is 52.3 Å². The van der Waals surface area contributed by atoms with Gasteiger partial charge in [-0.3, -0.25) is 0 Å². The molecule has 0 bridgehead atoms. The summed E-state index contributed by atoms with van der Waals surface area (Å²) in [6.45, 7) is 1.35. The van der Waals surface area contributed by atoms with Crippen LogP contribution in [0.5, 0.6) is 0 Å². The Morgan fingerprint density at radius 1 is 1.08 bits per heavy atom. The molecule has 3 aromatic carbocycles. The Kier molecular flexibility index (Phi) is 5.60. The van der Waals surface area contributed by atoms with Crippen molar-refractivity contribution < 1.29 is 18.3 Å². The number of hydrogen-bond donors (Lipinski definition) is 1. The quantitative estimate of drug-likeness (QED) is 0.542. The molecule has 0 radical (unpaired) electrons. The van der Waals surface area contributed by atoms with Crippen molar-refractivity contribution in [3.8, 4) is 0 Å². The van der Waals surface area contributed by atoms with E-state index in [-0.39, 0.29) is 24.6 Å². The minimum absolute atomic E-state index is 0. The van der Waals surface area contributed by atoms with Crippen molar-refractivity contribution in [2.75, 3.05) is 6.61 Å². The Morgan fingerprint density at radius 2 is 1.64 bits per heavy atom. The highest BCUT2D eigenvalue weighted by Crippen LogP contribution is 2.37. The van der Waals surface area contributed by atoms with E-state index in [0.717, 1.165) is 16.2 Å². The van der Waals surface area contributed by atoms with Crippen LogP contribution in [0.1, 0.15) is 18.5 Å². The third-order valence-corrected chi connectivity index (χ3v) is 4.07. The van der Waals surface area contributed by atoms with Gasteiger partial charge in [-0.05, 0) is 40.1 Å². The van der Waals surface area contributed by atoms with Gasteiger partial charge in [0.1, 0.15) is 6.04 Å². The molecule has 0 saturated carbocycles. The number of halogens is 3. The summed E-state index contributed by atoms with van der Waals surface area (Å²) in [7, 11) is 0. The van der Waals surface area contributed by atoms with Crippen LogP contribution in [-0.2, 0) is 9.53 Å². The highest BCUT2D eigenvalue weighted by atomic mass is 35.5. The standard InChI is InChI=1S/C19H17F2NO2.ClH/c1-2-24-18(23)19(20,21)17(22)16-11-12-7-3-4-8-13(12)14-9-5-6-10-15(14)16;/h3-11,17H,2,22H2,1H3;1H/t17-;/m1./s1. The van der Waals surface area contributed by atoms with E-state index in [1.54, 1.807) is 18.2 Å². The lowest BCUT2D eigenvalue weighted by molar-refractivity contribution is -0.174. The Balaban J connectivity index is 0.00000225. The van der Waals surface area contributed by atoms with Gasteiger partial charge in [0, 0.05) is 0 Å². The third-order valence-electron chi connectivity index (χ3n) is 4.07. The summed E-state index contributed by atoms with van der Waals surface area (Å²) in [5.74, 6) is -5.41. The molecule has 0 aliphatic carbocycles. The van der Waals surface area contributed by atoms with Gasteiger partial charge >= 0.3 is 11.9 Å². The normalized spacial score (nSPS) is 12.6. The van der Waals surface area contributed by atoms with Crippen LogP contribution in [0.15, 0.2) is 54.6 Å². The molecule has 0 aliphatic heterocycles. The second-order valence-electron chi connectivity index (χ2n) is 5.55. The molecular weight excluding hydrogens is 348 g/mol. The number of fused-ring (bicyclic) bond motifs is 3. The largest absolute Gasteiger partial charge is 0.462 e. The maximum atomic E-state index is 14.4. The number of ether oxygens (including phenoxy) is 1. The fourth-order valence-electron chi connectivity index (χ4n) is 2.89. The zero-order valence-electron chi connectivity index (χ0n) is 13.5. The summed E-state index contributed by atoms with van der Waals surface area (Å²) < 4.78 is 33.3. The van der Waals surface area contributed by atoms with Gasteiger partial charge in [-0.25, -0.2) is 4.79 Å². The van der Waals surface area contributed by atoms with Gasteiger partial charge in [-0.1, -0.05) is 48.5 Å². The van der Waals surface area contributed by atoms with E-state index in [2.05, 4.69) is 4.74 Å². The Morgan fingerprint density at radius 3 is 2.28 bits per heavy atom. The number of alkyl halides is 2. The minimum atomic E-state index is -3.80. The smallest absolute Gasteiger partial charge is 0.379 e. The van der Waals surface area contributed by atoms with Gasteiger partial charge in [0.15, 0.2) is 0 Å². The summed E-state index contributed by atoms with van der Waals surface area (Å²) in [5, 5.41) is 3.16. The van der Waals surface area contributed by atoms with Crippen molar-refractivity contribution in [1.82, 2.24) is 0 Å². The Labute approximate surface area is 150 Å². The van der Waals surface area contributed by atoms with Crippen LogP contribution in [0.25, 0.3) is 21.5 Å². The first-order valence-electron chi connectivity index (χ1n) is 7.67. The van der Waals surface area contributed by atoms with Crippen LogP contribution in [-0.4, -0.2) is 18.5 Å². The van der Waals surface area contributed by atoms with E-state index >= 15 is 0 Å². The molecule has 2 N–H and O–H groups in total. The van der Waals surface area contributed by atoms with E-state index in [4.69, 9.17) is 5.73 Å². The molecule has 0 aromatic heterocycles. The predicted molar refractivity (Wildman–Crippen MR) is 97.2 cm³/mol. The summed E-state index contributed by atoms with van der Waals surface area (Å²) in [6, 6.07) is 14.5. The van der Waals surface area contributed by atoms with Crippen LogP contribution in [0, 0.1) is 0 Å². The first-order chi connectivity index (χ1) is 11.5. The monoisotopic (exact) mass is 365 g/mol. The van der Waals surface area contributed by atoms with Crippen molar-refractivity contribution in [2.45, 2.75) is 18.9 Å². The number of benzene rings is 3.